The summed E-state index contributed by atoms with van der Waals surface area (Å²) in [6.45, 7) is 5.56. The number of rotatable bonds is 6. The summed E-state index contributed by atoms with van der Waals surface area (Å²) in [5.74, 6) is 2.60. The molecule has 3 aliphatic heterocycles. The van der Waals surface area contributed by atoms with E-state index < -0.39 is 18.2 Å². The number of aryl methyl sites for hydroxylation is 3. The third-order valence-electron chi connectivity index (χ3n) is 7.04. The van der Waals surface area contributed by atoms with Crippen LogP contribution in [0.1, 0.15) is 42.7 Å². The van der Waals surface area contributed by atoms with Gasteiger partial charge in [-0.15, -0.1) is 0 Å². The number of imidazole rings is 1. The molecular formula is C25H28N8O3. The second-order valence-corrected chi connectivity index (χ2v) is 9.42. The molecule has 0 spiro atoms. The number of carbonyl (C=O) groups excluding carboxylic acids is 2. The average molecular weight is 489 g/mol. The fourth-order valence-corrected chi connectivity index (χ4v) is 5.27. The lowest BCUT2D eigenvalue weighted by molar-refractivity contribution is -0.127. The standard InChI is InChI=1S/C25H28N8O3/c1-3-32-23-21(24(34)29-25(32)35)33(13-16-7-9-17(10-8-16)22-26-15(2)36-30-22)20(28-23)12-18-14-31-11-5-4-6-19(31)27-18/h7-10,14,21,23H,3-6,11-13H2,1-2H3,(H,29,34,35). The third-order valence-corrected chi connectivity index (χ3v) is 7.04. The Morgan fingerprint density at radius 2 is 1.94 bits per heavy atom. The predicted octanol–water partition coefficient (Wildman–Crippen LogP) is 2.30. The van der Waals surface area contributed by atoms with Crippen LogP contribution in [-0.4, -0.2) is 66.0 Å². The minimum Gasteiger partial charge on any atom is -0.340 e. The molecule has 2 atom stereocenters. The summed E-state index contributed by atoms with van der Waals surface area (Å²) >= 11 is 0. The highest BCUT2D eigenvalue weighted by Gasteiger charge is 2.49. The van der Waals surface area contributed by atoms with Crippen molar-refractivity contribution < 1.29 is 14.1 Å². The Labute approximate surface area is 208 Å². The number of amidine groups is 1. The topological polar surface area (TPSA) is 122 Å². The maximum Gasteiger partial charge on any atom is 0.325 e. The van der Waals surface area contributed by atoms with Crippen molar-refractivity contribution in [3.8, 4) is 11.4 Å². The molecule has 186 valence electrons. The van der Waals surface area contributed by atoms with Gasteiger partial charge in [0.1, 0.15) is 11.7 Å². The SMILES string of the molecule is CCN1C(=O)NC(=O)C2C1N=C(Cc1cn3c(n1)CCCC3)N2Cc1ccc(-c2noc(C)n2)cc1. The van der Waals surface area contributed by atoms with Crippen LogP contribution in [0.15, 0.2) is 40.0 Å². The summed E-state index contributed by atoms with van der Waals surface area (Å²) in [6.07, 6.45) is 5.35. The first-order valence-electron chi connectivity index (χ1n) is 12.4. The summed E-state index contributed by atoms with van der Waals surface area (Å²) in [6, 6.07) is 6.88. The van der Waals surface area contributed by atoms with Gasteiger partial charge in [0.2, 0.25) is 11.7 Å². The largest absolute Gasteiger partial charge is 0.340 e. The van der Waals surface area contributed by atoms with Crippen LogP contribution in [0, 0.1) is 6.92 Å². The van der Waals surface area contributed by atoms with Gasteiger partial charge in [0.05, 0.1) is 5.69 Å². The van der Waals surface area contributed by atoms with Crippen molar-refractivity contribution in [3.63, 3.8) is 0 Å². The van der Waals surface area contributed by atoms with E-state index in [9.17, 15) is 9.59 Å². The van der Waals surface area contributed by atoms with E-state index in [0.717, 1.165) is 54.3 Å². The Bertz CT molecular complexity index is 1320. The molecule has 0 aliphatic carbocycles. The van der Waals surface area contributed by atoms with Gasteiger partial charge in [0.25, 0.3) is 5.91 Å². The van der Waals surface area contributed by atoms with Crippen molar-refractivity contribution in [1.29, 1.82) is 0 Å². The average Bonchev–Trinajstić information content (AvgIpc) is 3.57. The smallest absolute Gasteiger partial charge is 0.325 e. The van der Waals surface area contributed by atoms with Crippen molar-refractivity contribution >= 4 is 17.8 Å². The number of aromatic nitrogens is 4. The summed E-state index contributed by atoms with van der Waals surface area (Å²) in [4.78, 5) is 43.2. The molecule has 2 aromatic heterocycles. The van der Waals surface area contributed by atoms with Crippen molar-refractivity contribution in [3.05, 3.63) is 53.4 Å². The lowest BCUT2D eigenvalue weighted by atomic mass is 10.1. The highest BCUT2D eigenvalue weighted by atomic mass is 16.5. The molecule has 0 bridgehead atoms. The van der Waals surface area contributed by atoms with Gasteiger partial charge in [0.15, 0.2) is 12.2 Å². The number of imide groups is 1. The normalized spacial score (nSPS) is 21.3. The van der Waals surface area contributed by atoms with Crippen LogP contribution < -0.4 is 5.32 Å². The van der Waals surface area contributed by atoms with E-state index in [1.807, 2.05) is 36.1 Å². The molecule has 11 nitrogen and oxygen atoms in total. The number of urea groups is 1. The molecule has 11 heteroatoms. The zero-order valence-electron chi connectivity index (χ0n) is 20.3. The van der Waals surface area contributed by atoms with Crippen LogP contribution in [0.4, 0.5) is 4.79 Å². The first-order chi connectivity index (χ1) is 17.5. The molecule has 3 aliphatic rings. The molecule has 36 heavy (non-hydrogen) atoms. The predicted molar refractivity (Wildman–Crippen MR) is 130 cm³/mol. The number of hydrogen-bond acceptors (Lipinski definition) is 8. The highest BCUT2D eigenvalue weighted by Crippen LogP contribution is 2.29. The molecule has 5 heterocycles. The number of fused-ring (bicyclic) bond motifs is 2. The Hall–Kier alpha value is -4.02. The van der Waals surface area contributed by atoms with Crippen LogP contribution in [0.2, 0.25) is 0 Å². The van der Waals surface area contributed by atoms with Gasteiger partial charge in [-0.1, -0.05) is 29.4 Å². The fraction of sp³-hybridized carbons (Fsp3) is 0.440. The second-order valence-electron chi connectivity index (χ2n) is 9.42. The number of likely N-dealkylation sites (N-methyl/N-ethyl adjacent to an activating group) is 1. The van der Waals surface area contributed by atoms with Crippen LogP contribution in [-0.2, 0) is 30.7 Å². The first kappa shape index (κ1) is 22.4. The molecule has 1 fully saturated rings. The fourth-order valence-electron chi connectivity index (χ4n) is 5.27. The van der Waals surface area contributed by atoms with Crippen LogP contribution in [0.25, 0.3) is 11.4 Å². The number of hydrogen-bond donors (Lipinski definition) is 1. The molecule has 3 aromatic rings. The summed E-state index contributed by atoms with van der Waals surface area (Å²) in [5.41, 5.74) is 2.79. The van der Waals surface area contributed by atoms with Crippen LogP contribution >= 0.6 is 0 Å². The zero-order chi connectivity index (χ0) is 24.8. The van der Waals surface area contributed by atoms with Gasteiger partial charge in [-0.25, -0.2) is 14.8 Å². The summed E-state index contributed by atoms with van der Waals surface area (Å²) in [7, 11) is 0. The second kappa shape index (κ2) is 8.89. The quantitative estimate of drug-likeness (QED) is 0.565. The number of aliphatic imine (C=N–C) groups is 1. The van der Waals surface area contributed by atoms with E-state index in [0.29, 0.717) is 31.2 Å². The molecule has 6 rings (SSSR count). The number of carbonyl (C=O) groups is 2. The highest BCUT2D eigenvalue weighted by molar-refractivity contribution is 6.04. The Balaban J connectivity index is 1.30. The van der Waals surface area contributed by atoms with E-state index in [2.05, 4.69) is 26.2 Å². The molecule has 1 saturated heterocycles. The van der Waals surface area contributed by atoms with E-state index in [1.165, 1.54) is 0 Å². The molecule has 1 aromatic carbocycles. The van der Waals surface area contributed by atoms with Crippen molar-refractivity contribution in [1.82, 2.24) is 34.8 Å². The van der Waals surface area contributed by atoms with E-state index >= 15 is 0 Å². The van der Waals surface area contributed by atoms with Gasteiger partial charge in [-0.3, -0.25) is 15.0 Å². The number of amides is 3. The Morgan fingerprint density at radius 1 is 1.11 bits per heavy atom. The van der Waals surface area contributed by atoms with Crippen LogP contribution in [0.3, 0.4) is 0 Å². The molecule has 1 N–H and O–H groups in total. The van der Waals surface area contributed by atoms with E-state index in [-0.39, 0.29) is 5.91 Å². The minimum atomic E-state index is -0.588. The lowest BCUT2D eigenvalue weighted by Crippen LogP contribution is -2.64. The van der Waals surface area contributed by atoms with Crippen molar-refractivity contribution in [2.45, 2.75) is 64.8 Å². The maximum atomic E-state index is 13.0. The first-order valence-corrected chi connectivity index (χ1v) is 12.4. The number of nitrogens with one attached hydrogen (secondary N) is 1. The zero-order valence-corrected chi connectivity index (χ0v) is 20.3. The molecule has 0 saturated carbocycles. The maximum absolute atomic E-state index is 13.0. The van der Waals surface area contributed by atoms with Gasteiger partial charge < -0.3 is 14.0 Å². The summed E-state index contributed by atoms with van der Waals surface area (Å²) < 4.78 is 7.31. The van der Waals surface area contributed by atoms with E-state index in [1.54, 1.807) is 11.8 Å². The van der Waals surface area contributed by atoms with Gasteiger partial charge >= 0.3 is 6.03 Å². The third kappa shape index (κ3) is 3.94. The molecule has 0 radical (unpaired) electrons. The minimum absolute atomic E-state index is 0.323. The van der Waals surface area contributed by atoms with Gasteiger partial charge in [0, 0.05) is 51.2 Å². The van der Waals surface area contributed by atoms with Crippen molar-refractivity contribution in [2.75, 3.05) is 6.54 Å². The van der Waals surface area contributed by atoms with Gasteiger partial charge in [-0.05, 0) is 25.3 Å². The van der Waals surface area contributed by atoms with Crippen LogP contribution in [0.5, 0.6) is 0 Å². The Morgan fingerprint density at radius 3 is 2.67 bits per heavy atom. The molecule has 2 unspecified atom stereocenters. The van der Waals surface area contributed by atoms with Crippen molar-refractivity contribution in [2.24, 2.45) is 4.99 Å². The number of nitrogens with zero attached hydrogens (tertiary/aromatic N) is 7. The molecular weight excluding hydrogens is 460 g/mol. The van der Waals surface area contributed by atoms with E-state index in [4.69, 9.17) is 14.5 Å². The number of benzene rings is 1. The lowest BCUT2D eigenvalue weighted by Gasteiger charge is -2.37. The summed E-state index contributed by atoms with van der Waals surface area (Å²) in [5, 5.41) is 6.49. The monoisotopic (exact) mass is 488 g/mol. The molecule has 3 amide bonds. The van der Waals surface area contributed by atoms with Gasteiger partial charge in [-0.2, -0.15) is 4.98 Å². The Kier molecular flexibility index (Phi) is 5.54.